The Morgan fingerprint density at radius 2 is 2.00 bits per heavy atom. The van der Waals surface area contributed by atoms with Gasteiger partial charge in [0.25, 0.3) is 0 Å². The van der Waals surface area contributed by atoms with Crippen molar-refractivity contribution in [3.8, 4) is 0 Å². The van der Waals surface area contributed by atoms with Crippen LogP contribution in [-0.2, 0) is 6.18 Å². The molecule has 0 spiro atoms. The molecule has 2 aromatic rings. The van der Waals surface area contributed by atoms with Crippen molar-refractivity contribution in [2.45, 2.75) is 6.18 Å². The number of nitrogens with one attached hydrogen (secondary N) is 1. The second-order valence-corrected chi connectivity index (χ2v) is 4.85. The Hall–Kier alpha value is -1.93. The summed E-state index contributed by atoms with van der Waals surface area (Å²) >= 11 is 10.4. The van der Waals surface area contributed by atoms with Gasteiger partial charge in [-0.25, -0.2) is 0 Å². The van der Waals surface area contributed by atoms with E-state index in [1.807, 2.05) is 0 Å². The lowest BCUT2D eigenvalue weighted by Gasteiger charge is -2.15. The minimum atomic E-state index is -4.57. The van der Waals surface area contributed by atoms with E-state index in [0.29, 0.717) is 5.56 Å². The lowest BCUT2D eigenvalue weighted by Crippen LogP contribution is -2.15. The van der Waals surface area contributed by atoms with Crippen molar-refractivity contribution in [2.75, 3.05) is 5.32 Å². The first-order chi connectivity index (χ1) is 9.79. The van der Waals surface area contributed by atoms with Crippen LogP contribution in [0.25, 0.3) is 0 Å². The van der Waals surface area contributed by atoms with E-state index in [-0.39, 0.29) is 21.5 Å². The molecule has 0 bridgehead atoms. The van der Waals surface area contributed by atoms with Crippen molar-refractivity contribution in [2.24, 2.45) is 5.73 Å². The molecular formula is C12H8ClF3N4S. The van der Waals surface area contributed by atoms with Crippen LogP contribution in [0, 0.1) is 0 Å². The summed E-state index contributed by atoms with van der Waals surface area (Å²) in [5, 5.41) is 9.82. The van der Waals surface area contributed by atoms with Gasteiger partial charge < -0.3 is 11.1 Å². The van der Waals surface area contributed by atoms with E-state index in [1.165, 1.54) is 24.4 Å². The van der Waals surface area contributed by atoms with Crippen LogP contribution in [-0.4, -0.2) is 15.2 Å². The molecule has 0 atom stereocenters. The molecule has 0 saturated heterocycles. The number of nitrogens with zero attached hydrogens (tertiary/aromatic N) is 2. The summed E-state index contributed by atoms with van der Waals surface area (Å²) in [6, 6.07) is 4.81. The lowest BCUT2D eigenvalue weighted by atomic mass is 10.1. The van der Waals surface area contributed by atoms with Crippen LogP contribution in [0.1, 0.15) is 11.1 Å². The van der Waals surface area contributed by atoms with Gasteiger partial charge in [0, 0.05) is 5.02 Å². The van der Waals surface area contributed by atoms with Crippen molar-refractivity contribution >= 4 is 40.3 Å². The quantitative estimate of drug-likeness (QED) is 0.842. The molecule has 0 radical (unpaired) electrons. The molecule has 0 saturated carbocycles. The summed E-state index contributed by atoms with van der Waals surface area (Å²) in [5.74, 6) is 0.0397. The molecule has 0 aliphatic heterocycles. The van der Waals surface area contributed by atoms with Gasteiger partial charge in [-0.05, 0) is 24.3 Å². The molecule has 1 aromatic heterocycles. The summed E-state index contributed by atoms with van der Waals surface area (Å²) in [6.45, 7) is 0. The number of anilines is 2. The molecule has 0 unspecified atom stereocenters. The topological polar surface area (TPSA) is 63.8 Å². The number of hydrogen-bond donors (Lipinski definition) is 2. The maximum atomic E-state index is 13.0. The minimum absolute atomic E-state index is 0.00470. The molecule has 0 fully saturated rings. The molecule has 2 rings (SSSR count). The fourth-order valence-electron chi connectivity index (χ4n) is 1.61. The van der Waals surface area contributed by atoms with Gasteiger partial charge in [-0.15, -0.1) is 5.10 Å². The highest BCUT2D eigenvalue weighted by Crippen LogP contribution is 2.37. The molecule has 1 heterocycles. The first-order valence-electron chi connectivity index (χ1n) is 5.54. The van der Waals surface area contributed by atoms with Crippen molar-refractivity contribution in [3.63, 3.8) is 0 Å². The van der Waals surface area contributed by atoms with Gasteiger partial charge >= 0.3 is 6.18 Å². The Morgan fingerprint density at radius 1 is 1.29 bits per heavy atom. The van der Waals surface area contributed by atoms with Crippen LogP contribution in [0.2, 0.25) is 5.02 Å². The zero-order chi connectivity index (χ0) is 15.6. The molecule has 0 aliphatic rings. The maximum absolute atomic E-state index is 13.0. The molecule has 21 heavy (non-hydrogen) atoms. The maximum Gasteiger partial charge on any atom is 0.418 e. The molecule has 110 valence electrons. The Labute approximate surface area is 128 Å². The van der Waals surface area contributed by atoms with Crippen LogP contribution in [0.5, 0.6) is 0 Å². The molecule has 9 heteroatoms. The second-order valence-electron chi connectivity index (χ2n) is 3.97. The normalized spacial score (nSPS) is 11.2. The number of halogens is 4. The minimum Gasteiger partial charge on any atom is -0.389 e. The Bertz CT molecular complexity index is 690. The van der Waals surface area contributed by atoms with Gasteiger partial charge in [-0.2, -0.15) is 18.3 Å². The highest BCUT2D eigenvalue weighted by molar-refractivity contribution is 7.80. The third-order valence-corrected chi connectivity index (χ3v) is 2.98. The van der Waals surface area contributed by atoms with Gasteiger partial charge in [0.2, 0.25) is 0 Å². The van der Waals surface area contributed by atoms with E-state index in [9.17, 15) is 13.2 Å². The van der Waals surface area contributed by atoms with E-state index < -0.39 is 11.7 Å². The van der Waals surface area contributed by atoms with Gasteiger partial charge in [-0.1, -0.05) is 23.8 Å². The Balaban J connectivity index is 2.48. The van der Waals surface area contributed by atoms with Crippen LogP contribution >= 0.6 is 23.8 Å². The molecular weight excluding hydrogens is 325 g/mol. The van der Waals surface area contributed by atoms with E-state index in [0.717, 1.165) is 6.07 Å². The number of nitrogens with two attached hydrogens (primary N) is 1. The third-order valence-electron chi connectivity index (χ3n) is 2.53. The predicted molar refractivity (Wildman–Crippen MR) is 77.7 cm³/mol. The zero-order valence-corrected chi connectivity index (χ0v) is 11.9. The molecule has 0 aliphatic carbocycles. The third kappa shape index (κ3) is 3.59. The second kappa shape index (κ2) is 5.82. The van der Waals surface area contributed by atoms with Crippen molar-refractivity contribution in [1.29, 1.82) is 0 Å². The molecule has 0 amide bonds. The van der Waals surface area contributed by atoms with Gasteiger partial charge in [-0.3, -0.25) is 0 Å². The molecule has 3 N–H and O–H groups in total. The number of aromatic nitrogens is 2. The summed E-state index contributed by atoms with van der Waals surface area (Å²) in [4.78, 5) is -0.00470. The first kappa shape index (κ1) is 15.5. The van der Waals surface area contributed by atoms with Crippen molar-refractivity contribution < 1.29 is 13.2 Å². The standard InChI is InChI=1S/C12H8ClF3N4S/c13-6-1-2-9(8(5-6)12(14,15)16)19-11-7(10(17)21)3-4-18-20-11/h1-5H,(H2,17,21)(H,19,20). The number of rotatable bonds is 3. The van der Waals surface area contributed by atoms with Gasteiger partial charge in [0.15, 0.2) is 5.82 Å². The average Bonchev–Trinajstić information content (AvgIpc) is 2.40. The lowest BCUT2D eigenvalue weighted by molar-refractivity contribution is -0.136. The SMILES string of the molecule is NC(=S)c1ccnnc1Nc1ccc(Cl)cc1C(F)(F)F. The molecule has 4 nitrogen and oxygen atoms in total. The number of alkyl halides is 3. The Morgan fingerprint density at radius 3 is 2.62 bits per heavy atom. The first-order valence-corrected chi connectivity index (χ1v) is 6.33. The fraction of sp³-hybridized carbons (Fsp3) is 0.0833. The number of benzene rings is 1. The highest BCUT2D eigenvalue weighted by atomic mass is 35.5. The summed E-state index contributed by atoms with van der Waals surface area (Å²) in [7, 11) is 0. The largest absolute Gasteiger partial charge is 0.418 e. The highest BCUT2D eigenvalue weighted by Gasteiger charge is 2.34. The van der Waals surface area contributed by atoms with Crippen LogP contribution in [0.3, 0.4) is 0 Å². The number of thiocarbonyl (C=S) groups is 1. The smallest absolute Gasteiger partial charge is 0.389 e. The van der Waals surface area contributed by atoms with Crippen LogP contribution < -0.4 is 11.1 Å². The van der Waals surface area contributed by atoms with E-state index >= 15 is 0 Å². The van der Waals surface area contributed by atoms with Crippen molar-refractivity contribution in [3.05, 3.63) is 46.6 Å². The van der Waals surface area contributed by atoms with Crippen LogP contribution in [0.15, 0.2) is 30.5 Å². The van der Waals surface area contributed by atoms with Gasteiger partial charge in [0.1, 0.15) is 4.99 Å². The summed E-state index contributed by atoms with van der Waals surface area (Å²) < 4.78 is 39.0. The fourth-order valence-corrected chi connectivity index (χ4v) is 1.95. The Kier molecular flexibility index (Phi) is 4.29. The monoisotopic (exact) mass is 332 g/mol. The summed E-state index contributed by atoms with van der Waals surface area (Å²) in [5.41, 5.74) is 4.65. The number of hydrogen-bond acceptors (Lipinski definition) is 4. The van der Waals surface area contributed by atoms with E-state index in [4.69, 9.17) is 29.6 Å². The van der Waals surface area contributed by atoms with Gasteiger partial charge in [0.05, 0.1) is 23.0 Å². The zero-order valence-electron chi connectivity index (χ0n) is 10.3. The molecule has 1 aromatic carbocycles. The summed E-state index contributed by atoms with van der Waals surface area (Å²) in [6.07, 6.45) is -3.23. The van der Waals surface area contributed by atoms with E-state index in [2.05, 4.69) is 15.5 Å². The predicted octanol–water partition coefficient (Wildman–Crippen LogP) is 3.53. The van der Waals surface area contributed by atoms with Crippen LogP contribution in [0.4, 0.5) is 24.7 Å². The average molecular weight is 333 g/mol. The van der Waals surface area contributed by atoms with E-state index in [1.54, 1.807) is 0 Å². The van der Waals surface area contributed by atoms with Crippen molar-refractivity contribution in [1.82, 2.24) is 10.2 Å².